The van der Waals surface area contributed by atoms with Crippen LogP contribution in [-0.2, 0) is 16.2 Å². The van der Waals surface area contributed by atoms with E-state index in [4.69, 9.17) is 0 Å². The average molecular weight is 407 g/mol. The second kappa shape index (κ2) is 8.57. The minimum Gasteiger partial charge on any atom is -0.336 e. The quantitative estimate of drug-likeness (QED) is 0.721. The lowest BCUT2D eigenvalue weighted by Crippen LogP contribution is -2.49. The Morgan fingerprint density at radius 2 is 1.63 bits per heavy atom. The predicted octanol–water partition coefficient (Wildman–Crippen LogP) is 1.74. The van der Waals surface area contributed by atoms with E-state index in [1.807, 2.05) is 0 Å². The number of hydrogen-bond donors (Lipinski definition) is 0. The molecule has 1 fully saturated rings. The van der Waals surface area contributed by atoms with Gasteiger partial charge >= 0.3 is 6.18 Å². The van der Waals surface area contributed by atoms with Crippen LogP contribution in [0.1, 0.15) is 22.3 Å². The number of amides is 1. The van der Waals surface area contributed by atoms with Crippen molar-refractivity contribution in [2.24, 2.45) is 0 Å². The molecule has 0 saturated carbocycles. The van der Waals surface area contributed by atoms with Crippen LogP contribution in [0.4, 0.5) is 13.2 Å². The number of benzene rings is 1. The number of sulfonamides is 1. The van der Waals surface area contributed by atoms with Gasteiger partial charge in [-0.2, -0.15) is 13.2 Å². The van der Waals surface area contributed by atoms with Crippen molar-refractivity contribution in [1.82, 2.24) is 14.1 Å². The molecular weight excluding hydrogens is 383 g/mol. The van der Waals surface area contributed by atoms with Gasteiger partial charge in [0.2, 0.25) is 10.0 Å². The summed E-state index contributed by atoms with van der Waals surface area (Å²) in [4.78, 5) is 16.1. The number of piperazine rings is 1. The van der Waals surface area contributed by atoms with E-state index in [0.717, 1.165) is 12.1 Å². The summed E-state index contributed by atoms with van der Waals surface area (Å²) in [6, 6.07) is 4.22. The maximum atomic E-state index is 12.6. The van der Waals surface area contributed by atoms with Gasteiger partial charge in [-0.15, -0.1) is 0 Å². The summed E-state index contributed by atoms with van der Waals surface area (Å²) in [7, 11) is -0.209. The zero-order valence-corrected chi connectivity index (χ0v) is 16.2. The first-order chi connectivity index (χ1) is 12.5. The van der Waals surface area contributed by atoms with Crippen molar-refractivity contribution in [3.8, 4) is 0 Å². The van der Waals surface area contributed by atoms with Gasteiger partial charge in [0.25, 0.3) is 5.91 Å². The van der Waals surface area contributed by atoms with Gasteiger partial charge in [0.1, 0.15) is 0 Å². The van der Waals surface area contributed by atoms with Crippen LogP contribution in [-0.4, -0.2) is 81.0 Å². The van der Waals surface area contributed by atoms with Gasteiger partial charge in [0.15, 0.2) is 0 Å². The lowest BCUT2D eigenvalue weighted by atomic mass is 10.1. The van der Waals surface area contributed by atoms with Crippen molar-refractivity contribution in [2.45, 2.75) is 12.6 Å². The molecule has 0 N–H and O–H groups in total. The first-order valence-electron chi connectivity index (χ1n) is 8.60. The van der Waals surface area contributed by atoms with Crippen LogP contribution in [0.15, 0.2) is 24.3 Å². The van der Waals surface area contributed by atoms with E-state index in [2.05, 4.69) is 4.90 Å². The highest BCUT2D eigenvalue weighted by Crippen LogP contribution is 2.29. The molecule has 152 valence electrons. The Morgan fingerprint density at radius 1 is 1.07 bits per heavy atom. The van der Waals surface area contributed by atoms with E-state index in [0.29, 0.717) is 39.1 Å². The van der Waals surface area contributed by atoms with Crippen LogP contribution >= 0.6 is 0 Å². The Bertz CT molecular complexity index is 741. The van der Waals surface area contributed by atoms with Crippen molar-refractivity contribution in [3.63, 3.8) is 0 Å². The van der Waals surface area contributed by atoms with Gasteiger partial charge in [-0.05, 0) is 37.2 Å². The highest BCUT2D eigenvalue weighted by atomic mass is 32.2. The number of hydrogen-bond acceptors (Lipinski definition) is 4. The predicted molar refractivity (Wildman–Crippen MR) is 95.9 cm³/mol. The third-order valence-electron chi connectivity index (χ3n) is 4.55. The molecule has 0 aliphatic carbocycles. The van der Waals surface area contributed by atoms with Crippen LogP contribution in [0.5, 0.6) is 0 Å². The number of nitrogens with zero attached hydrogens (tertiary/aromatic N) is 3. The van der Waals surface area contributed by atoms with Crippen molar-refractivity contribution < 1.29 is 26.4 Å². The fourth-order valence-electron chi connectivity index (χ4n) is 2.81. The summed E-state index contributed by atoms with van der Waals surface area (Å²) >= 11 is 0. The highest BCUT2D eigenvalue weighted by molar-refractivity contribution is 7.89. The van der Waals surface area contributed by atoms with Crippen molar-refractivity contribution in [3.05, 3.63) is 35.4 Å². The van der Waals surface area contributed by atoms with Gasteiger partial charge in [0, 0.05) is 45.8 Å². The van der Waals surface area contributed by atoms with Crippen LogP contribution in [0.3, 0.4) is 0 Å². The fourth-order valence-corrected chi connectivity index (χ4v) is 3.67. The zero-order valence-electron chi connectivity index (χ0n) is 15.4. The standard InChI is InChI=1S/C17H24F3N3O3S/c1-21(2)27(25,26)13-3-8-22-9-11-23(12-10-22)16(24)14-4-6-15(7-5-14)17(18,19)20/h4-7H,3,8-13H2,1-2H3. The Kier molecular flexibility index (Phi) is 6.87. The monoisotopic (exact) mass is 407 g/mol. The fraction of sp³-hybridized carbons (Fsp3) is 0.588. The molecule has 0 atom stereocenters. The minimum atomic E-state index is -4.42. The molecule has 1 saturated heterocycles. The van der Waals surface area contributed by atoms with Crippen molar-refractivity contribution in [2.75, 3.05) is 52.6 Å². The maximum Gasteiger partial charge on any atom is 0.416 e. The summed E-state index contributed by atoms with van der Waals surface area (Å²) in [6.07, 6.45) is -3.92. The number of carbonyl (C=O) groups excluding carboxylic acids is 1. The molecule has 0 spiro atoms. The zero-order chi connectivity index (χ0) is 20.2. The molecule has 1 heterocycles. The molecule has 1 amide bonds. The highest BCUT2D eigenvalue weighted by Gasteiger charge is 2.30. The van der Waals surface area contributed by atoms with Crippen LogP contribution < -0.4 is 0 Å². The van der Waals surface area contributed by atoms with E-state index >= 15 is 0 Å². The lowest BCUT2D eigenvalue weighted by Gasteiger charge is -2.34. The van der Waals surface area contributed by atoms with Gasteiger partial charge < -0.3 is 4.90 Å². The summed E-state index contributed by atoms with van der Waals surface area (Å²) in [5, 5.41) is 0. The van der Waals surface area contributed by atoms with Gasteiger partial charge in [-0.3, -0.25) is 9.69 Å². The molecule has 1 aliphatic heterocycles. The molecular formula is C17H24F3N3O3S. The first kappa shape index (κ1) is 21.6. The molecule has 2 rings (SSSR count). The second-order valence-corrected chi connectivity index (χ2v) is 8.96. The van der Waals surface area contributed by atoms with Crippen LogP contribution in [0.2, 0.25) is 0 Å². The van der Waals surface area contributed by atoms with Crippen LogP contribution in [0, 0.1) is 0 Å². The van der Waals surface area contributed by atoms with E-state index < -0.39 is 21.8 Å². The Morgan fingerprint density at radius 3 is 2.11 bits per heavy atom. The maximum absolute atomic E-state index is 12.6. The first-order valence-corrected chi connectivity index (χ1v) is 10.2. The molecule has 0 bridgehead atoms. The molecule has 27 heavy (non-hydrogen) atoms. The molecule has 1 aromatic rings. The minimum absolute atomic E-state index is 0.0741. The van der Waals surface area contributed by atoms with Gasteiger partial charge in [0.05, 0.1) is 11.3 Å². The number of carbonyl (C=O) groups is 1. The Hall–Kier alpha value is -1.65. The van der Waals surface area contributed by atoms with E-state index in [9.17, 15) is 26.4 Å². The number of halogens is 3. The Balaban J connectivity index is 1.82. The van der Waals surface area contributed by atoms with Gasteiger partial charge in [-0.1, -0.05) is 0 Å². The summed E-state index contributed by atoms with van der Waals surface area (Å²) in [5.74, 6) is -0.219. The topological polar surface area (TPSA) is 60.9 Å². The molecule has 6 nitrogen and oxygen atoms in total. The van der Waals surface area contributed by atoms with Crippen LogP contribution in [0.25, 0.3) is 0 Å². The molecule has 0 aromatic heterocycles. The second-order valence-electron chi connectivity index (χ2n) is 6.66. The third kappa shape index (κ3) is 5.91. The number of alkyl halides is 3. The Labute approximate surface area is 157 Å². The average Bonchev–Trinajstić information content (AvgIpc) is 2.61. The number of rotatable bonds is 6. The molecule has 1 aliphatic rings. The smallest absolute Gasteiger partial charge is 0.336 e. The van der Waals surface area contributed by atoms with E-state index in [1.165, 1.54) is 30.5 Å². The summed E-state index contributed by atoms with van der Waals surface area (Å²) < 4.78 is 62.5. The SMILES string of the molecule is CN(C)S(=O)(=O)CCCN1CCN(C(=O)c2ccc(C(F)(F)F)cc2)CC1. The summed E-state index contributed by atoms with van der Waals surface area (Å²) in [5.41, 5.74) is -0.551. The summed E-state index contributed by atoms with van der Waals surface area (Å²) in [6.45, 7) is 2.75. The van der Waals surface area contributed by atoms with Crippen molar-refractivity contribution in [1.29, 1.82) is 0 Å². The molecule has 0 radical (unpaired) electrons. The lowest BCUT2D eigenvalue weighted by molar-refractivity contribution is -0.137. The van der Waals surface area contributed by atoms with E-state index in [-0.39, 0.29) is 17.2 Å². The van der Waals surface area contributed by atoms with Crippen molar-refractivity contribution >= 4 is 15.9 Å². The third-order valence-corrected chi connectivity index (χ3v) is 6.47. The van der Waals surface area contributed by atoms with Gasteiger partial charge in [-0.25, -0.2) is 12.7 Å². The van der Waals surface area contributed by atoms with E-state index in [1.54, 1.807) is 4.90 Å². The largest absolute Gasteiger partial charge is 0.416 e. The molecule has 0 unspecified atom stereocenters. The molecule has 10 heteroatoms. The normalized spacial score (nSPS) is 16.7. The molecule has 1 aromatic carbocycles.